The van der Waals surface area contributed by atoms with Crippen molar-refractivity contribution >= 4 is 0 Å². The molecule has 2 heteroatoms. The van der Waals surface area contributed by atoms with Gasteiger partial charge in [0.15, 0.2) is 0 Å². The maximum atomic E-state index is 3.53. The number of likely N-dealkylation sites (tertiary alicyclic amines) is 1. The topological polar surface area (TPSA) is 15.3 Å². The number of nitrogens with one attached hydrogen (secondary N) is 1. The quantitative estimate of drug-likeness (QED) is 0.873. The molecule has 1 aliphatic heterocycles. The first-order chi connectivity index (χ1) is 9.09. The van der Waals surface area contributed by atoms with Crippen molar-refractivity contribution in [3.05, 3.63) is 35.4 Å². The van der Waals surface area contributed by atoms with Gasteiger partial charge in [-0.05, 0) is 64.4 Å². The number of hydrogen-bond acceptors (Lipinski definition) is 2. The molecule has 0 aromatic heterocycles. The zero-order chi connectivity index (χ0) is 13.9. The summed E-state index contributed by atoms with van der Waals surface area (Å²) in [5.41, 5.74) is 2.98. The lowest BCUT2D eigenvalue weighted by atomic mass is 9.86. The van der Waals surface area contributed by atoms with Gasteiger partial charge in [0, 0.05) is 11.6 Å². The Hall–Kier alpha value is -0.860. The van der Waals surface area contributed by atoms with Gasteiger partial charge in [0.25, 0.3) is 0 Å². The summed E-state index contributed by atoms with van der Waals surface area (Å²) in [6.45, 7) is 9.41. The molecule has 1 aromatic carbocycles. The SMILES string of the molecule is CCc1ccc(C(NC)C(C)(C)N2CCCC2)cc1. The van der Waals surface area contributed by atoms with Crippen LogP contribution in [0.2, 0.25) is 0 Å². The van der Waals surface area contributed by atoms with E-state index in [9.17, 15) is 0 Å². The lowest BCUT2D eigenvalue weighted by Crippen LogP contribution is -2.50. The molecule has 0 bridgehead atoms. The molecule has 1 fully saturated rings. The second-order valence-corrected chi connectivity index (χ2v) is 6.16. The Kier molecular flexibility index (Phi) is 4.64. The van der Waals surface area contributed by atoms with Gasteiger partial charge in [0.1, 0.15) is 0 Å². The van der Waals surface area contributed by atoms with Crippen LogP contribution >= 0.6 is 0 Å². The maximum Gasteiger partial charge on any atom is 0.0499 e. The molecular formula is C17H28N2. The molecule has 19 heavy (non-hydrogen) atoms. The third-order valence-electron chi connectivity index (χ3n) is 4.64. The molecule has 0 radical (unpaired) electrons. The molecule has 1 heterocycles. The normalized spacial score (nSPS) is 18.7. The molecule has 1 atom stereocenters. The maximum absolute atomic E-state index is 3.53. The van der Waals surface area contributed by atoms with Gasteiger partial charge in [-0.3, -0.25) is 4.90 Å². The van der Waals surface area contributed by atoms with E-state index in [1.165, 1.54) is 37.1 Å². The predicted octanol–water partition coefficient (Wildman–Crippen LogP) is 3.38. The highest BCUT2D eigenvalue weighted by atomic mass is 15.2. The van der Waals surface area contributed by atoms with Crippen molar-refractivity contribution in [3.8, 4) is 0 Å². The fourth-order valence-electron chi connectivity index (χ4n) is 3.35. The number of benzene rings is 1. The third kappa shape index (κ3) is 3.01. The molecule has 1 N–H and O–H groups in total. The Labute approximate surface area is 118 Å². The van der Waals surface area contributed by atoms with Gasteiger partial charge in [-0.15, -0.1) is 0 Å². The van der Waals surface area contributed by atoms with E-state index in [4.69, 9.17) is 0 Å². The highest BCUT2D eigenvalue weighted by molar-refractivity contribution is 5.27. The number of aryl methyl sites for hydroxylation is 1. The minimum atomic E-state index is 0.166. The van der Waals surface area contributed by atoms with Gasteiger partial charge < -0.3 is 5.32 Å². The Morgan fingerprint density at radius 1 is 1.16 bits per heavy atom. The summed E-state index contributed by atoms with van der Waals surface area (Å²) >= 11 is 0. The first kappa shape index (κ1) is 14.5. The number of nitrogens with zero attached hydrogens (tertiary/aromatic N) is 1. The van der Waals surface area contributed by atoms with Crippen molar-refractivity contribution in [2.45, 2.75) is 51.6 Å². The first-order valence-electron chi connectivity index (χ1n) is 7.60. The van der Waals surface area contributed by atoms with Crippen molar-refractivity contribution in [1.29, 1.82) is 0 Å². The van der Waals surface area contributed by atoms with Crippen LogP contribution in [-0.2, 0) is 6.42 Å². The largest absolute Gasteiger partial charge is 0.311 e. The lowest BCUT2D eigenvalue weighted by molar-refractivity contribution is 0.110. The van der Waals surface area contributed by atoms with Gasteiger partial charge >= 0.3 is 0 Å². The first-order valence-corrected chi connectivity index (χ1v) is 7.60. The van der Waals surface area contributed by atoms with Gasteiger partial charge in [-0.1, -0.05) is 31.2 Å². The van der Waals surface area contributed by atoms with E-state index in [1.54, 1.807) is 0 Å². The summed E-state index contributed by atoms with van der Waals surface area (Å²) in [7, 11) is 2.08. The van der Waals surface area contributed by atoms with E-state index in [0.717, 1.165) is 6.42 Å². The van der Waals surface area contributed by atoms with Crippen LogP contribution in [0.3, 0.4) is 0 Å². The Morgan fingerprint density at radius 2 is 1.74 bits per heavy atom. The Bertz CT molecular complexity index is 388. The second-order valence-electron chi connectivity index (χ2n) is 6.16. The van der Waals surface area contributed by atoms with E-state index >= 15 is 0 Å². The molecule has 0 spiro atoms. The van der Waals surface area contributed by atoms with Crippen LogP contribution in [0.25, 0.3) is 0 Å². The van der Waals surface area contributed by atoms with Crippen LogP contribution in [0.4, 0.5) is 0 Å². The van der Waals surface area contributed by atoms with Gasteiger partial charge in [0.2, 0.25) is 0 Å². The van der Waals surface area contributed by atoms with E-state index < -0.39 is 0 Å². The van der Waals surface area contributed by atoms with Gasteiger partial charge in [0.05, 0.1) is 0 Å². The third-order valence-corrected chi connectivity index (χ3v) is 4.64. The smallest absolute Gasteiger partial charge is 0.0499 e. The number of likely N-dealkylation sites (N-methyl/N-ethyl adjacent to an activating group) is 1. The van der Waals surface area contributed by atoms with Gasteiger partial charge in [-0.2, -0.15) is 0 Å². The second kappa shape index (κ2) is 6.06. The van der Waals surface area contributed by atoms with Crippen LogP contribution in [0.15, 0.2) is 24.3 Å². The number of hydrogen-bond donors (Lipinski definition) is 1. The van der Waals surface area contributed by atoms with Gasteiger partial charge in [-0.25, -0.2) is 0 Å². The minimum absolute atomic E-state index is 0.166. The molecular weight excluding hydrogens is 232 g/mol. The lowest BCUT2D eigenvalue weighted by Gasteiger charge is -2.42. The highest BCUT2D eigenvalue weighted by Gasteiger charge is 2.36. The zero-order valence-corrected chi connectivity index (χ0v) is 12.9. The summed E-state index contributed by atoms with van der Waals surface area (Å²) in [5, 5.41) is 3.53. The van der Waals surface area contributed by atoms with Crippen LogP contribution in [0.1, 0.15) is 50.8 Å². The average molecular weight is 260 g/mol. The predicted molar refractivity (Wildman–Crippen MR) is 82.5 cm³/mol. The monoisotopic (exact) mass is 260 g/mol. The van der Waals surface area contributed by atoms with Crippen LogP contribution in [0, 0.1) is 0 Å². The summed E-state index contributed by atoms with van der Waals surface area (Å²) < 4.78 is 0. The van der Waals surface area contributed by atoms with E-state index in [1.807, 2.05) is 0 Å². The zero-order valence-electron chi connectivity index (χ0n) is 12.9. The molecule has 106 valence electrons. The summed E-state index contributed by atoms with van der Waals surface area (Å²) in [6, 6.07) is 9.49. The molecule has 0 saturated carbocycles. The van der Waals surface area contributed by atoms with Crippen molar-refractivity contribution < 1.29 is 0 Å². The summed E-state index contributed by atoms with van der Waals surface area (Å²) in [5.74, 6) is 0. The fraction of sp³-hybridized carbons (Fsp3) is 0.647. The van der Waals surface area contributed by atoms with Crippen molar-refractivity contribution in [3.63, 3.8) is 0 Å². The summed E-state index contributed by atoms with van der Waals surface area (Å²) in [6.07, 6.45) is 3.79. The standard InChI is InChI=1S/C17H28N2/c1-5-14-8-10-15(11-9-14)16(18-4)17(2,3)19-12-6-7-13-19/h8-11,16,18H,5-7,12-13H2,1-4H3. The molecule has 2 rings (SSSR count). The van der Waals surface area contributed by atoms with E-state index in [2.05, 4.69) is 62.3 Å². The van der Waals surface area contributed by atoms with Crippen LogP contribution < -0.4 is 5.32 Å². The van der Waals surface area contributed by atoms with Crippen LogP contribution in [-0.4, -0.2) is 30.6 Å². The molecule has 1 aromatic rings. The molecule has 2 nitrogen and oxygen atoms in total. The fourth-order valence-corrected chi connectivity index (χ4v) is 3.35. The molecule has 1 aliphatic rings. The highest BCUT2D eigenvalue weighted by Crippen LogP contribution is 2.33. The Balaban J connectivity index is 2.21. The van der Waals surface area contributed by atoms with Crippen molar-refractivity contribution in [1.82, 2.24) is 10.2 Å². The molecule has 0 amide bonds. The van der Waals surface area contributed by atoms with Crippen molar-refractivity contribution in [2.24, 2.45) is 0 Å². The summed E-state index contributed by atoms with van der Waals surface area (Å²) in [4.78, 5) is 2.63. The van der Waals surface area contributed by atoms with E-state index in [-0.39, 0.29) is 5.54 Å². The van der Waals surface area contributed by atoms with E-state index in [0.29, 0.717) is 6.04 Å². The number of rotatable bonds is 5. The average Bonchev–Trinajstić information content (AvgIpc) is 2.95. The van der Waals surface area contributed by atoms with Crippen LogP contribution in [0.5, 0.6) is 0 Å². The minimum Gasteiger partial charge on any atom is -0.311 e. The Morgan fingerprint density at radius 3 is 2.21 bits per heavy atom. The molecule has 1 saturated heterocycles. The molecule has 1 unspecified atom stereocenters. The van der Waals surface area contributed by atoms with Crippen molar-refractivity contribution in [2.75, 3.05) is 20.1 Å². The molecule has 0 aliphatic carbocycles.